The molecule has 0 saturated carbocycles. The van der Waals surface area contributed by atoms with Crippen LogP contribution in [-0.4, -0.2) is 22.6 Å². The molecule has 0 unspecified atom stereocenters. The molecule has 1 heterocycles. The number of carbonyl (C=O) groups excluding carboxylic acids is 1. The summed E-state index contributed by atoms with van der Waals surface area (Å²) in [6.07, 6.45) is 1.42. The molecule has 134 valence electrons. The van der Waals surface area contributed by atoms with Gasteiger partial charge in [-0.05, 0) is 42.7 Å². The molecule has 1 N–H and O–H groups in total. The quantitative estimate of drug-likeness (QED) is 0.766. The van der Waals surface area contributed by atoms with E-state index in [1.54, 1.807) is 13.2 Å². The Balaban J connectivity index is 1.72. The number of aryl methyl sites for hydroxylation is 2. The van der Waals surface area contributed by atoms with Crippen LogP contribution in [0.3, 0.4) is 0 Å². The van der Waals surface area contributed by atoms with Crippen LogP contribution >= 0.6 is 0 Å². The number of hydrogen-bond donors (Lipinski definition) is 1. The topological polar surface area (TPSA) is 73.2 Å². The van der Waals surface area contributed by atoms with Gasteiger partial charge in [-0.15, -0.1) is 0 Å². The summed E-state index contributed by atoms with van der Waals surface area (Å²) in [5.74, 6) is 0.530. The number of hydrogen-bond acceptors (Lipinski definition) is 4. The summed E-state index contributed by atoms with van der Waals surface area (Å²) in [6.45, 7) is 4.16. The maximum absolute atomic E-state index is 12.5. The Hall–Kier alpha value is -3.15. The van der Waals surface area contributed by atoms with Gasteiger partial charge in [-0.2, -0.15) is 0 Å². The van der Waals surface area contributed by atoms with Crippen molar-refractivity contribution in [3.05, 3.63) is 69.8 Å². The molecule has 0 spiro atoms. The summed E-state index contributed by atoms with van der Waals surface area (Å²) in [7, 11) is 1.62. The fraction of sp³-hybridized carbons (Fsp3) is 0.250. The first kappa shape index (κ1) is 17.7. The number of rotatable bonds is 5. The molecule has 6 nitrogen and oxygen atoms in total. The third-order valence-electron chi connectivity index (χ3n) is 4.33. The highest BCUT2D eigenvalue weighted by Crippen LogP contribution is 2.18. The summed E-state index contributed by atoms with van der Waals surface area (Å²) < 4.78 is 6.61. The van der Waals surface area contributed by atoms with Crippen LogP contribution in [0.5, 0.6) is 5.75 Å². The first-order chi connectivity index (χ1) is 12.5. The zero-order valence-electron chi connectivity index (χ0n) is 15.1. The lowest BCUT2D eigenvalue weighted by Gasteiger charge is -2.10. The van der Waals surface area contributed by atoms with Gasteiger partial charge in [-0.1, -0.05) is 24.3 Å². The molecule has 0 radical (unpaired) electrons. The molecule has 0 saturated heterocycles. The molecular weight excluding hydrogens is 330 g/mol. The minimum atomic E-state index is -0.250. The van der Waals surface area contributed by atoms with Crippen molar-refractivity contribution in [1.82, 2.24) is 14.9 Å². The molecule has 0 aliphatic carbocycles. The van der Waals surface area contributed by atoms with Gasteiger partial charge in [0.05, 0.1) is 24.3 Å². The van der Waals surface area contributed by atoms with Crippen LogP contribution in [0.4, 0.5) is 0 Å². The second-order valence-corrected chi connectivity index (χ2v) is 6.23. The van der Waals surface area contributed by atoms with Crippen LogP contribution in [0.2, 0.25) is 0 Å². The monoisotopic (exact) mass is 351 g/mol. The average Bonchev–Trinajstić information content (AvgIpc) is 2.64. The third-order valence-corrected chi connectivity index (χ3v) is 4.33. The summed E-state index contributed by atoms with van der Waals surface area (Å²) in [6, 6.07) is 11.2. The molecule has 0 atom stereocenters. The lowest BCUT2D eigenvalue weighted by Crippen LogP contribution is -2.32. The number of amides is 1. The minimum absolute atomic E-state index is 0.0707. The number of carbonyl (C=O) groups is 1. The van der Waals surface area contributed by atoms with Gasteiger partial charge in [-0.25, -0.2) is 4.98 Å². The largest absolute Gasteiger partial charge is 0.496 e. The summed E-state index contributed by atoms with van der Waals surface area (Å²) >= 11 is 0. The van der Waals surface area contributed by atoms with Gasteiger partial charge in [0.1, 0.15) is 12.3 Å². The van der Waals surface area contributed by atoms with E-state index < -0.39 is 0 Å². The van der Waals surface area contributed by atoms with Crippen molar-refractivity contribution in [1.29, 1.82) is 0 Å². The Morgan fingerprint density at radius 1 is 1.19 bits per heavy atom. The molecule has 1 amide bonds. The normalized spacial score (nSPS) is 10.7. The van der Waals surface area contributed by atoms with Crippen LogP contribution in [0.25, 0.3) is 10.9 Å². The second-order valence-electron chi connectivity index (χ2n) is 6.23. The van der Waals surface area contributed by atoms with Crippen molar-refractivity contribution in [2.24, 2.45) is 0 Å². The van der Waals surface area contributed by atoms with Crippen molar-refractivity contribution < 1.29 is 9.53 Å². The van der Waals surface area contributed by atoms with Crippen molar-refractivity contribution in [2.75, 3.05) is 7.11 Å². The van der Waals surface area contributed by atoms with E-state index in [1.165, 1.54) is 10.9 Å². The third kappa shape index (κ3) is 3.59. The van der Waals surface area contributed by atoms with E-state index in [2.05, 4.69) is 10.3 Å². The Labute approximate surface area is 151 Å². The Morgan fingerprint density at radius 2 is 2.00 bits per heavy atom. The lowest BCUT2D eigenvalue weighted by molar-refractivity contribution is -0.121. The fourth-order valence-electron chi connectivity index (χ4n) is 2.84. The van der Waals surface area contributed by atoms with Crippen LogP contribution in [0.1, 0.15) is 16.7 Å². The number of ether oxygens (including phenoxy) is 1. The maximum Gasteiger partial charge on any atom is 0.261 e. The SMILES string of the molecule is COc1cc(CNC(=O)Cn2cnc3c(C)cccc3c2=O)ccc1C. The van der Waals surface area contributed by atoms with Crippen molar-refractivity contribution in [3.63, 3.8) is 0 Å². The van der Waals surface area contributed by atoms with E-state index in [1.807, 2.05) is 44.2 Å². The van der Waals surface area contributed by atoms with Gasteiger partial charge in [0.15, 0.2) is 0 Å². The molecule has 6 heteroatoms. The van der Waals surface area contributed by atoms with E-state index in [0.29, 0.717) is 17.4 Å². The van der Waals surface area contributed by atoms with E-state index in [-0.39, 0.29) is 18.0 Å². The van der Waals surface area contributed by atoms with Crippen LogP contribution in [-0.2, 0) is 17.9 Å². The highest BCUT2D eigenvalue weighted by molar-refractivity contribution is 5.81. The van der Waals surface area contributed by atoms with Gasteiger partial charge >= 0.3 is 0 Å². The summed E-state index contributed by atoms with van der Waals surface area (Å²) in [5.41, 5.74) is 3.35. The zero-order chi connectivity index (χ0) is 18.7. The molecule has 26 heavy (non-hydrogen) atoms. The molecule has 0 bridgehead atoms. The number of aromatic nitrogens is 2. The predicted octanol–water partition coefficient (Wildman–Crippen LogP) is 2.34. The molecular formula is C20H21N3O3. The number of nitrogens with zero attached hydrogens (tertiary/aromatic N) is 2. The minimum Gasteiger partial charge on any atom is -0.496 e. The van der Waals surface area contributed by atoms with E-state index in [4.69, 9.17) is 4.74 Å². The van der Waals surface area contributed by atoms with E-state index >= 15 is 0 Å². The molecule has 0 aliphatic heterocycles. The molecule has 0 aliphatic rings. The second kappa shape index (κ2) is 7.39. The molecule has 3 aromatic rings. The van der Waals surface area contributed by atoms with Crippen molar-refractivity contribution >= 4 is 16.8 Å². The van der Waals surface area contributed by atoms with Crippen molar-refractivity contribution in [2.45, 2.75) is 26.9 Å². The van der Waals surface area contributed by atoms with Crippen molar-refractivity contribution in [3.8, 4) is 5.75 Å². The standard InChI is InChI=1S/C20H21N3O3/c1-13-7-8-15(9-17(13)26-3)10-21-18(24)11-23-12-22-19-14(2)5-4-6-16(19)20(23)25/h4-9,12H,10-11H2,1-3H3,(H,21,24). The summed E-state index contributed by atoms with van der Waals surface area (Å²) in [4.78, 5) is 29.1. The fourth-order valence-corrected chi connectivity index (χ4v) is 2.84. The predicted molar refractivity (Wildman–Crippen MR) is 100 cm³/mol. The van der Waals surface area contributed by atoms with Crippen LogP contribution < -0.4 is 15.6 Å². The number of fused-ring (bicyclic) bond motifs is 1. The Morgan fingerprint density at radius 3 is 2.77 bits per heavy atom. The van der Waals surface area contributed by atoms with E-state index in [0.717, 1.165) is 22.4 Å². The van der Waals surface area contributed by atoms with Gasteiger partial charge < -0.3 is 10.1 Å². The van der Waals surface area contributed by atoms with Crippen LogP contribution in [0, 0.1) is 13.8 Å². The van der Waals surface area contributed by atoms with Gasteiger partial charge in [0.25, 0.3) is 5.56 Å². The van der Waals surface area contributed by atoms with Gasteiger partial charge in [0, 0.05) is 6.54 Å². The Kier molecular flexibility index (Phi) is 5.02. The molecule has 3 rings (SSSR count). The van der Waals surface area contributed by atoms with E-state index in [9.17, 15) is 9.59 Å². The smallest absolute Gasteiger partial charge is 0.261 e. The molecule has 2 aromatic carbocycles. The summed E-state index contributed by atoms with van der Waals surface area (Å²) in [5, 5.41) is 3.34. The molecule has 0 fully saturated rings. The number of para-hydroxylation sites is 1. The highest BCUT2D eigenvalue weighted by Gasteiger charge is 2.09. The lowest BCUT2D eigenvalue weighted by atomic mass is 10.1. The Bertz CT molecular complexity index is 1020. The first-order valence-electron chi connectivity index (χ1n) is 8.34. The zero-order valence-corrected chi connectivity index (χ0v) is 15.1. The van der Waals surface area contributed by atoms with Crippen LogP contribution in [0.15, 0.2) is 47.5 Å². The maximum atomic E-state index is 12.5. The number of benzene rings is 2. The number of nitrogens with one attached hydrogen (secondary N) is 1. The first-order valence-corrected chi connectivity index (χ1v) is 8.34. The molecule has 1 aromatic heterocycles. The number of methoxy groups -OCH3 is 1. The highest BCUT2D eigenvalue weighted by atomic mass is 16.5. The van der Waals surface area contributed by atoms with Gasteiger partial charge in [0.2, 0.25) is 5.91 Å². The average molecular weight is 351 g/mol. The van der Waals surface area contributed by atoms with Gasteiger partial charge in [-0.3, -0.25) is 14.2 Å².